The van der Waals surface area contributed by atoms with Crippen LogP contribution in [0.2, 0.25) is 0 Å². The van der Waals surface area contributed by atoms with Crippen LogP contribution in [-0.4, -0.2) is 76.9 Å². The highest BCUT2D eigenvalue weighted by Gasteiger charge is 2.50. The lowest BCUT2D eigenvalue weighted by Gasteiger charge is -2.34. The van der Waals surface area contributed by atoms with Crippen LogP contribution in [0.4, 0.5) is 17.6 Å². The molecule has 3 amide bonds. The van der Waals surface area contributed by atoms with E-state index in [1.807, 2.05) is 0 Å². The molecule has 1 aliphatic carbocycles. The highest BCUT2D eigenvalue weighted by molar-refractivity contribution is 6.02. The lowest BCUT2D eigenvalue weighted by Crippen LogP contribution is -2.52. The van der Waals surface area contributed by atoms with Gasteiger partial charge in [-0.2, -0.15) is 0 Å². The van der Waals surface area contributed by atoms with Crippen LogP contribution in [-0.2, 0) is 14.4 Å². The van der Waals surface area contributed by atoms with Gasteiger partial charge in [0.25, 0.3) is 11.8 Å². The molecule has 30 heavy (non-hydrogen) atoms. The van der Waals surface area contributed by atoms with Crippen LogP contribution in [0, 0.1) is 11.3 Å². The van der Waals surface area contributed by atoms with Gasteiger partial charge >= 0.3 is 0 Å². The summed E-state index contributed by atoms with van der Waals surface area (Å²) in [4.78, 5) is 38.3. The number of carbonyl (C=O) groups excluding carboxylic acids is 3. The lowest BCUT2D eigenvalue weighted by molar-refractivity contribution is -0.148. The lowest BCUT2D eigenvalue weighted by atomic mass is 10.0. The number of nitrogens with zero attached hydrogens (tertiary/aromatic N) is 2. The highest BCUT2D eigenvalue weighted by Crippen LogP contribution is 2.34. The van der Waals surface area contributed by atoms with Crippen LogP contribution in [0.1, 0.15) is 38.5 Å². The normalized spacial score (nSPS) is 26.4. The molecule has 2 aliphatic heterocycles. The molecule has 3 aliphatic rings. The Labute approximate surface area is 170 Å². The van der Waals surface area contributed by atoms with E-state index in [4.69, 9.17) is 11.1 Å². The number of carbonyl (C=O) groups is 3. The van der Waals surface area contributed by atoms with E-state index in [9.17, 15) is 31.9 Å². The van der Waals surface area contributed by atoms with Gasteiger partial charge in [0.05, 0.1) is 13.1 Å². The number of halogens is 4. The zero-order chi connectivity index (χ0) is 22.3. The Balaban J connectivity index is 1.59. The fourth-order valence-corrected chi connectivity index (χ4v) is 3.75. The third-order valence-electron chi connectivity index (χ3n) is 5.51. The number of piperidine rings is 1. The number of rotatable bonds is 6. The molecule has 0 aromatic carbocycles. The molecule has 2 saturated heterocycles. The van der Waals surface area contributed by atoms with Gasteiger partial charge < -0.3 is 20.9 Å². The van der Waals surface area contributed by atoms with Crippen molar-refractivity contribution in [3.05, 3.63) is 0 Å². The van der Waals surface area contributed by atoms with E-state index in [2.05, 4.69) is 5.32 Å². The summed E-state index contributed by atoms with van der Waals surface area (Å²) in [5.41, 5.74) is 5.83. The molecule has 2 atom stereocenters. The Morgan fingerprint density at radius 2 is 1.87 bits per heavy atom. The average molecular weight is 435 g/mol. The SMILES string of the molecule is N=C(NC(=O)[C@@H]1CC(F)(F)CN1C(=O)C[C@H](N)CN1CC(F)(F)CCC1=O)C1CC1. The first-order chi connectivity index (χ1) is 13.9. The van der Waals surface area contributed by atoms with E-state index in [1.165, 1.54) is 0 Å². The first-order valence-corrected chi connectivity index (χ1v) is 9.85. The maximum absolute atomic E-state index is 13.9. The van der Waals surface area contributed by atoms with E-state index < -0.39 is 74.0 Å². The molecule has 4 N–H and O–H groups in total. The molecule has 0 radical (unpaired) electrons. The minimum Gasteiger partial charge on any atom is -0.335 e. The number of amides is 3. The van der Waals surface area contributed by atoms with Gasteiger partial charge in [-0.15, -0.1) is 0 Å². The van der Waals surface area contributed by atoms with Crippen molar-refractivity contribution in [1.29, 1.82) is 5.41 Å². The van der Waals surface area contributed by atoms with Crippen molar-refractivity contribution >= 4 is 23.6 Å². The van der Waals surface area contributed by atoms with E-state index in [0.717, 1.165) is 22.6 Å². The number of nitrogens with two attached hydrogens (primary N) is 1. The topological polar surface area (TPSA) is 120 Å². The summed E-state index contributed by atoms with van der Waals surface area (Å²) in [6, 6.07) is -2.49. The van der Waals surface area contributed by atoms with Crippen molar-refractivity contribution in [2.75, 3.05) is 19.6 Å². The Morgan fingerprint density at radius 1 is 1.20 bits per heavy atom. The average Bonchev–Trinajstić information content (AvgIpc) is 3.41. The second kappa shape index (κ2) is 8.12. The second-order valence-corrected chi connectivity index (χ2v) is 8.37. The molecule has 0 unspecified atom stereocenters. The van der Waals surface area contributed by atoms with Crippen molar-refractivity contribution in [3.8, 4) is 0 Å². The van der Waals surface area contributed by atoms with Gasteiger partial charge in [0.2, 0.25) is 17.7 Å². The van der Waals surface area contributed by atoms with E-state index in [1.54, 1.807) is 0 Å². The molecular weight excluding hydrogens is 410 g/mol. The number of amidine groups is 1. The van der Waals surface area contributed by atoms with Crippen LogP contribution in [0.25, 0.3) is 0 Å². The van der Waals surface area contributed by atoms with Gasteiger partial charge in [-0.05, 0) is 12.8 Å². The highest BCUT2D eigenvalue weighted by atomic mass is 19.3. The maximum atomic E-state index is 13.9. The van der Waals surface area contributed by atoms with Crippen molar-refractivity contribution < 1.29 is 31.9 Å². The summed E-state index contributed by atoms with van der Waals surface area (Å²) >= 11 is 0. The molecule has 1 saturated carbocycles. The summed E-state index contributed by atoms with van der Waals surface area (Å²) in [5.74, 6) is -8.63. The van der Waals surface area contributed by atoms with Crippen LogP contribution < -0.4 is 11.1 Å². The fourth-order valence-electron chi connectivity index (χ4n) is 3.75. The predicted octanol–water partition coefficient (Wildman–Crippen LogP) is 0.701. The Hall–Kier alpha value is -2.24. The summed E-state index contributed by atoms with van der Waals surface area (Å²) in [6.07, 6.45) is -0.742. The largest absolute Gasteiger partial charge is 0.335 e. The van der Waals surface area contributed by atoms with Gasteiger partial charge in [-0.1, -0.05) is 0 Å². The van der Waals surface area contributed by atoms with Crippen molar-refractivity contribution in [2.24, 2.45) is 11.7 Å². The molecule has 0 spiro atoms. The minimum absolute atomic E-state index is 0.0520. The molecule has 2 heterocycles. The first kappa shape index (κ1) is 22.4. The molecular formula is C18H25F4N5O3. The molecule has 168 valence electrons. The Kier molecular flexibility index (Phi) is 6.08. The molecule has 0 aromatic rings. The van der Waals surface area contributed by atoms with Crippen LogP contribution >= 0.6 is 0 Å². The molecule has 12 heteroatoms. The first-order valence-electron chi connectivity index (χ1n) is 9.85. The number of hydrogen-bond acceptors (Lipinski definition) is 5. The quantitative estimate of drug-likeness (QED) is 0.323. The maximum Gasteiger partial charge on any atom is 0.267 e. The predicted molar refractivity (Wildman–Crippen MR) is 97.0 cm³/mol. The van der Waals surface area contributed by atoms with E-state index in [0.29, 0.717) is 0 Å². The third-order valence-corrected chi connectivity index (χ3v) is 5.51. The van der Waals surface area contributed by atoms with Crippen LogP contribution in [0.3, 0.4) is 0 Å². The van der Waals surface area contributed by atoms with Crippen molar-refractivity contribution in [2.45, 2.75) is 62.5 Å². The molecule has 8 nitrogen and oxygen atoms in total. The van der Waals surface area contributed by atoms with Gasteiger partial charge in [0, 0.05) is 44.2 Å². The Morgan fingerprint density at radius 3 is 2.50 bits per heavy atom. The van der Waals surface area contributed by atoms with Gasteiger partial charge in [-0.3, -0.25) is 19.8 Å². The smallest absolute Gasteiger partial charge is 0.267 e. The molecule has 3 rings (SSSR count). The van der Waals surface area contributed by atoms with Crippen LogP contribution in [0.15, 0.2) is 0 Å². The van der Waals surface area contributed by atoms with E-state index in [-0.39, 0.29) is 24.7 Å². The summed E-state index contributed by atoms with van der Waals surface area (Å²) < 4.78 is 54.9. The summed E-state index contributed by atoms with van der Waals surface area (Å²) in [5, 5.41) is 10.0. The minimum atomic E-state index is -3.27. The second-order valence-electron chi connectivity index (χ2n) is 8.37. The Bertz CT molecular complexity index is 743. The van der Waals surface area contributed by atoms with Crippen molar-refractivity contribution in [1.82, 2.24) is 15.1 Å². The number of hydrogen-bond donors (Lipinski definition) is 3. The van der Waals surface area contributed by atoms with Gasteiger partial charge in [0.15, 0.2) is 0 Å². The van der Waals surface area contributed by atoms with Crippen LogP contribution in [0.5, 0.6) is 0 Å². The molecule has 0 aromatic heterocycles. The van der Waals surface area contributed by atoms with Gasteiger partial charge in [-0.25, -0.2) is 17.6 Å². The monoisotopic (exact) mass is 435 g/mol. The zero-order valence-corrected chi connectivity index (χ0v) is 16.3. The van der Waals surface area contributed by atoms with E-state index >= 15 is 0 Å². The molecule has 3 fully saturated rings. The fraction of sp³-hybridized carbons (Fsp3) is 0.778. The van der Waals surface area contributed by atoms with Gasteiger partial charge in [0.1, 0.15) is 11.9 Å². The number of alkyl halides is 4. The van der Waals surface area contributed by atoms with Crippen molar-refractivity contribution in [3.63, 3.8) is 0 Å². The number of likely N-dealkylation sites (tertiary alicyclic amines) is 2. The molecule has 0 bridgehead atoms. The third kappa shape index (κ3) is 5.46. The standard InChI is InChI=1S/C18H25F4N5O3/c19-17(20)4-3-13(28)26(8-17)7-11(23)5-14(29)27-9-18(21,22)6-12(27)16(30)25-15(24)10-1-2-10/h10-12H,1-9,23H2,(H2,24,25,30)/t11-,12-/m0/s1. The zero-order valence-electron chi connectivity index (χ0n) is 16.3. The summed E-state index contributed by atoms with van der Waals surface area (Å²) in [7, 11) is 0. The number of nitrogens with one attached hydrogen (secondary N) is 2. The summed E-state index contributed by atoms with van der Waals surface area (Å²) in [6.45, 7) is -2.08.